The van der Waals surface area contributed by atoms with E-state index in [0.717, 1.165) is 41.7 Å². The van der Waals surface area contributed by atoms with Crippen LogP contribution in [0.15, 0.2) is 58.2 Å². The third-order valence-corrected chi connectivity index (χ3v) is 8.61. The Morgan fingerprint density at radius 2 is 1.89 bits per heavy atom. The lowest BCUT2D eigenvalue weighted by atomic mass is 9.96. The summed E-state index contributed by atoms with van der Waals surface area (Å²) in [7, 11) is -3.57. The van der Waals surface area contributed by atoms with E-state index in [-0.39, 0.29) is 15.8 Å². The lowest BCUT2D eigenvalue weighted by molar-refractivity contribution is 0.390. The van der Waals surface area contributed by atoms with E-state index < -0.39 is 10.0 Å². The summed E-state index contributed by atoms with van der Waals surface area (Å²) in [6.45, 7) is 0.481. The van der Waals surface area contributed by atoms with E-state index in [1.165, 1.54) is 6.42 Å². The lowest BCUT2D eigenvalue weighted by Gasteiger charge is -2.22. The van der Waals surface area contributed by atoms with E-state index in [0.29, 0.717) is 23.1 Å². The molecule has 2 saturated carbocycles. The van der Waals surface area contributed by atoms with Gasteiger partial charge >= 0.3 is 4.87 Å². The second-order valence-electron chi connectivity index (χ2n) is 7.97. The van der Waals surface area contributed by atoms with E-state index in [1.54, 1.807) is 22.8 Å². The third kappa shape index (κ3) is 3.21. The van der Waals surface area contributed by atoms with Gasteiger partial charge in [-0.3, -0.25) is 9.36 Å². The van der Waals surface area contributed by atoms with Crippen molar-refractivity contribution in [1.82, 2.24) is 9.29 Å². The molecule has 3 atom stereocenters. The molecular weight excluding hydrogens is 392 g/mol. The number of hydrogen-bond donors (Lipinski definition) is 1. The highest BCUT2D eigenvalue weighted by Gasteiger charge is 2.41. The fourth-order valence-electron chi connectivity index (χ4n) is 4.79. The van der Waals surface area contributed by atoms with Gasteiger partial charge in [0.05, 0.1) is 21.7 Å². The van der Waals surface area contributed by atoms with Crippen LogP contribution in [-0.4, -0.2) is 19.0 Å². The second kappa shape index (κ2) is 6.83. The Morgan fingerprint density at radius 3 is 2.61 bits per heavy atom. The third-order valence-electron chi connectivity index (χ3n) is 6.18. The number of sulfonamides is 1. The van der Waals surface area contributed by atoms with Crippen LogP contribution in [0.2, 0.25) is 0 Å². The number of hydrogen-bond acceptors (Lipinski definition) is 4. The van der Waals surface area contributed by atoms with E-state index in [9.17, 15) is 13.2 Å². The van der Waals surface area contributed by atoms with Gasteiger partial charge in [-0.15, -0.1) is 0 Å². The molecule has 7 heteroatoms. The van der Waals surface area contributed by atoms with Crippen molar-refractivity contribution < 1.29 is 8.42 Å². The van der Waals surface area contributed by atoms with Crippen molar-refractivity contribution in [3.63, 3.8) is 0 Å². The van der Waals surface area contributed by atoms with Crippen molar-refractivity contribution in [2.75, 3.05) is 0 Å². The summed E-state index contributed by atoms with van der Waals surface area (Å²) in [5, 5.41) is 0. The molecule has 146 valence electrons. The predicted octanol–water partition coefficient (Wildman–Crippen LogP) is 3.58. The fourth-order valence-corrected chi connectivity index (χ4v) is 7.13. The van der Waals surface area contributed by atoms with Crippen LogP contribution in [0.4, 0.5) is 0 Å². The van der Waals surface area contributed by atoms with E-state index in [1.807, 2.05) is 30.3 Å². The molecule has 2 aromatic carbocycles. The number of fused-ring (bicyclic) bond motifs is 3. The average molecular weight is 415 g/mol. The maximum Gasteiger partial charge on any atom is 0.308 e. The molecule has 2 aliphatic rings. The van der Waals surface area contributed by atoms with Gasteiger partial charge in [0.2, 0.25) is 10.0 Å². The number of rotatable bonds is 5. The number of aromatic nitrogens is 1. The Hall–Kier alpha value is -1.96. The molecule has 1 heterocycles. The summed E-state index contributed by atoms with van der Waals surface area (Å²) >= 11 is 1.10. The number of thiazole rings is 1. The monoisotopic (exact) mass is 414 g/mol. The van der Waals surface area contributed by atoms with E-state index in [4.69, 9.17) is 0 Å². The van der Waals surface area contributed by atoms with Crippen molar-refractivity contribution >= 4 is 31.6 Å². The zero-order valence-corrected chi connectivity index (χ0v) is 17.0. The summed E-state index contributed by atoms with van der Waals surface area (Å²) in [4.78, 5) is 12.7. The zero-order chi connectivity index (χ0) is 19.3. The smallest absolute Gasteiger partial charge is 0.294 e. The molecule has 0 radical (unpaired) electrons. The first-order chi connectivity index (χ1) is 13.5. The molecule has 0 amide bonds. The molecule has 0 aliphatic heterocycles. The van der Waals surface area contributed by atoms with Crippen molar-refractivity contribution in [2.45, 2.75) is 43.2 Å². The highest BCUT2D eigenvalue weighted by Crippen LogP contribution is 2.44. The first-order valence-electron chi connectivity index (χ1n) is 9.69. The SMILES string of the molecule is O=c1sc2cc(S(=O)(=O)N[C@@H]3C[C@H]4CC[C@@H]3C4)ccc2n1Cc1ccccc1. The summed E-state index contributed by atoms with van der Waals surface area (Å²) in [5.74, 6) is 1.16. The van der Waals surface area contributed by atoms with Crippen LogP contribution in [0, 0.1) is 11.8 Å². The van der Waals surface area contributed by atoms with Crippen molar-refractivity contribution in [3.8, 4) is 0 Å². The summed E-state index contributed by atoms with van der Waals surface area (Å²) < 4.78 is 31.1. The zero-order valence-electron chi connectivity index (χ0n) is 15.4. The van der Waals surface area contributed by atoms with Crippen LogP contribution >= 0.6 is 11.3 Å². The van der Waals surface area contributed by atoms with Gasteiger partial charge in [-0.1, -0.05) is 48.1 Å². The molecule has 0 saturated heterocycles. The Kier molecular flexibility index (Phi) is 4.41. The molecule has 5 nitrogen and oxygen atoms in total. The minimum atomic E-state index is -3.57. The molecule has 2 bridgehead atoms. The Morgan fingerprint density at radius 1 is 1.07 bits per heavy atom. The van der Waals surface area contributed by atoms with Crippen molar-refractivity contribution in [1.29, 1.82) is 0 Å². The normalized spacial score (nSPS) is 24.2. The minimum Gasteiger partial charge on any atom is -0.294 e. The number of nitrogens with zero attached hydrogens (tertiary/aromatic N) is 1. The van der Waals surface area contributed by atoms with Gasteiger partial charge in [-0.2, -0.15) is 0 Å². The standard InChI is InChI=1S/C21H22N2O3S2/c24-21-23(13-14-4-2-1-3-5-14)19-9-8-17(12-20(19)27-21)28(25,26)22-18-11-15-6-7-16(18)10-15/h1-5,8-9,12,15-16,18,22H,6-7,10-11,13H2/t15-,16+,18+/m0/s1. The topological polar surface area (TPSA) is 68.2 Å². The van der Waals surface area contributed by atoms with Crippen LogP contribution in [0.5, 0.6) is 0 Å². The van der Waals surface area contributed by atoms with Crippen molar-refractivity contribution in [2.24, 2.45) is 11.8 Å². The maximum atomic E-state index is 12.9. The minimum absolute atomic E-state index is 0.0564. The van der Waals surface area contributed by atoms with Crippen molar-refractivity contribution in [3.05, 3.63) is 63.8 Å². The molecule has 2 fully saturated rings. The van der Waals surface area contributed by atoms with Gasteiger partial charge in [-0.05, 0) is 54.9 Å². The van der Waals surface area contributed by atoms with Crippen LogP contribution in [-0.2, 0) is 16.6 Å². The van der Waals surface area contributed by atoms with Crippen LogP contribution in [0.3, 0.4) is 0 Å². The Balaban J connectivity index is 1.44. The summed E-state index contributed by atoms with van der Waals surface area (Å²) in [5.41, 5.74) is 1.82. The first kappa shape index (κ1) is 18.1. The van der Waals surface area contributed by atoms with Crippen LogP contribution in [0.1, 0.15) is 31.2 Å². The molecule has 0 spiro atoms. The highest BCUT2D eigenvalue weighted by atomic mass is 32.2. The highest BCUT2D eigenvalue weighted by molar-refractivity contribution is 7.89. The molecule has 1 N–H and O–H groups in total. The second-order valence-corrected chi connectivity index (χ2v) is 10.7. The van der Waals surface area contributed by atoms with E-state index >= 15 is 0 Å². The molecular formula is C21H22N2O3S2. The van der Waals surface area contributed by atoms with E-state index in [2.05, 4.69) is 4.72 Å². The number of nitrogens with one attached hydrogen (secondary N) is 1. The van der Waals surface area contributed by atoms with Gasteiger partial charge < -0.3 is 0 Å². The maximum absolute atomic E-state index is 12.9. The van der Waals surface area contributed by atoms with Crippen LogP contribution in [0.25, 0.3) is 10.2 Å². The van der Waals surface area contributed by atoms with Gasteiger partial charge in [0.15, 0.2) is 0 Å². The van der Waals surface area contributed by atoms with Gasteiger partial charge in [0.25, 0.3) is 0 Å². The quantitative estimate of drug-likeness (QED) is 0.694. The Bertz CT molecular complexity index is 1180. The number of benzene rings is 2. The van der Waals surface area contributed by atoms with Gasteiger partial charge in [0.1, 0.15) is 0 Å². The van der Waals surface area contributed by atoms with Crippen LogP contribution < -0.4 is 9.60 Å². The lowest BCUT2D eigenvalue weighted by Crippen LogP contribution is -2.38. The Labute approximate surface area is 168 Å². The summed E-state index contributed by atoms with van der Waals surface area (Å²) in [6, 6.07) is 14.9. The molecule has 5 rings (SSSR count). The van der Waals surface area contributed by atoms with Gasteiger partial charge in [-0.25, -0.2) is 13.1 Å². The predicted molar refractivity (Wildman–Crippen MR) is 111 cm³/mol. The molecule has 1 aromatic heterocycles. The largest absolute Gasteiger partial charge is 0.308 e. The first-order valence-corrected chi connectivity index (χ1v) is 12.0. The average Bonchev–Trinajstić information content (AvgIpc) is 3.37. The van der Waals surface area contributed by atoms with Gasteiger partial charge in [0, 0.05) is 6.04 Å². The molecule has 2 aliphatic carbocycles. The fraction of sp³-hybridized carbons (Fsp3) is 0.381. The molecule has 0 unspecified atom stereocenters. The molecule has 3 aromatic rings. The molecule has 28 heavy (non-hydrogen) atoms. The summed E-state index contributed by atoms with van der Waals surface area (Å²) in [6.07, 6.45) is 4.46.